The molecule has 1 aromatic heterocycles. The zero-order valence-electron chi connectivity index (χ0n) is 8.14. The van der Waals surface area contributed by atoms with Gasteiger partial charge in [0.25, 0.3) is 0 Å². The Bertz CT molecular complexity index is 325. The van der Waals surface area contributed by atoms with Gasteiger partial charge in [0.2, 0.25) is 0 Å². The first kappa shape index (κ1) is 9.44. The van der Waals surface area contributed by atoms with Gasteiger partial charge in [0.05, 0.1) is 16.2 Å². The van der Waals surface area contributed by atoms with Gasteiger partial charge in [0.15, 0.2) is 4.47 Å². The van der Waals surface area contributed by atoms with Gasteiger partial charge in [-0.2, -0.15) is 0 Å². The largest absolute Gasteiger partial charge is 0.358 e. The summed E-state index contributed by atoms with van der Waals surface area (Å²) in [5.41, 5.74) is 0.444. The molecule has 1 aliphatic heterocycles. The second kappa shape index (κ2) is 2.47. The maximum Gasteiger partial charge on any atom is 0.184 e. The van der Waals surface area contributed by atoms with Crippen molar-refractivity contribution in [1.29, 1.82) is 0 Å². The van der Waals surface area contributed by atoms with Crippen molar-refractivity contribution in [1.82, 2.24) is 4.98 Å². The fourth-order valence-electron chi connectivity index (χ4n) is 1.84. The highest BCUT2D eigenvalue weighted by Crippen LogP contribution is 2.49. The molecular weight excluding hydrogens is 206 g/mol. The maximum atomic E-state index is 5.89. The maximum absolute atomic E-state index is 5.89. The van der Waals surface area contributed by atoms with Crippen molar-refractivity contribution in [2.75, 3.05) is 0 Å². The van der Waals surface area contributed by atoms with Crippen LogP contribution in [0, 0.1) is 0 Å². The fourth-order valence-corrected chi connectivity index (χ4v) is 3.14. The summed E-state index contributed by atoms with van der Waals surface area (Å²) < 4.78 is 6.50. The van der Waals surface area contributed by atoms with E-state index in [-0.39, 0.29) is 11.2 Å². The summed E-state index contributed by atoms with van der Waals surface area (Å²) in [4.78, 5) is 5.45. The molecule has 0 saturated heterocycles. The second-order valence-corrected chi connectivity index (χ2v) is 5.85. The normalized spacial score (nSPS) is 23.2. The van der Waals surface area contributed by atoms with Gasteiger partial charge >= 0.3 is 0 Å². The first-order valence-electron chi connectivity index (χ1n) is 4.20. The second-order valence-electron chi connectivity index (χ2n) is 4.27. The summed E-state index contributed by atoms with van der Waals surface area (Å²) in [6.07, 6.45) is 0. The number of nitrogens with zero attached hydrogens (tertiary/aromatic N) is 1. The lowest BCUT2D eigenvalue weighted by Crippen LogP contribution is -2.23. The van der Waals surface area contributed by atoms with Crippen LogP contribution in [-0.2, 0) is 15.9 Å². The van der Waals surface area contributed by atoms with Crippen LogP contribution in [0.3, 0.4) is 0 Å². The van der Waals surface area contributed by atoms with Crippen LogP contribution in [-0.4, -0.2) is 4.98 Å². The lowest BCUT2D eigenvalue weighted by Gasteiger charge is -2.24. The Kier molecular flexibility index (Phi) is 1.79. The van der Waals surface area contributed by atoms with Gasteiger partial charge in [0, 0.05) is 0 Å². The van der Waals surface area contributed by atoms with Crippen molar-refractivity contribution in [3.8, 4) is 0 Å². The van der Waals surface area contributed by atoms with E-state index in [1.165, 1.54) is 11.3 Å². The molecule has 1 aliphatic rings. The lowest BCUT2D eigenvalue weighted by molar-refractivity contribution is -0.105. The smallest absolute Gasteiger partial charge is 0.184 e. The van der Waals surface area contributed by atoms with Gasteiger partial charge in [0.1, 0.15) is 5.60 Å². The third-order valence-electron chi connectivity index (χ3n) is 2.23. The van der Waals surface area contributed by atoms with E-state index in [0.717, 1.165) is 10.6 Å². The molecule has 0 bridgehead atoms. The Morgan fingerprint density at radius 1 is 1.23 bits per heavy atom. The Labute approximate surface area is 86.9 Å². The van der Waals surface area contributed by atoms with Crippen LogP contribution in [0.15, 0.2) is 0 Å². The molecule has 0 spiro atoms. The van der Waals surface area contributed by atoms with Gasteiger partial charge in [-0.25, -0.2) is 4.98 Å². The van der Waals surface area contributed by atoms with Gasteiger partial charge in [-0.05, 0) is 27.7 Å². The number of hydrogen-bond donors (Lipinski definition) is 0. The van der Waals surface area contributed by atoms with E-state index in [4.69, 9.17) is 16.3 Å². The zero-order valence-corrected chi connectivity index (χ0v) is 9.71. The minimum absolute atomic E-state index is 0.246. The minimum atomic E-state index is -0.303. The Morgan fingerprint density at radius 3 is 2.38 bits per heavy atom. The van der Waals surface area contributed by atoms with Gasteiger partial charge in [-0.1, -0.05) is 11.6 Å². The van der Waals surface area contributed by atoms with Crippen LogP contribution in [0.5, 0.6) is 0 Å². The number of halogens is 1. The van der Waals surface area contributed by atoms with Gasteiger partial charge in [-0.15, -0.1) is 11.3 Å². The van der Waals surface area contributed by atoms with Crippen molar-refractivity contribution in [2.24, 2.45) is 0 Å². The van der Waals surface area contributed by atoms with Crippen LogP contribution >= 0.6 is 22.9 Å². The molecule has 13 heavy (non-hydrogen) atoms. The monoisotopic (exact) mass is 217 g/mol. The van der Waals surface area contributed by atoms with E-state index in [2.05, 4.69) is 18.8 Å². The van der Waals surface area contributed by atoms with Crippen molar-refractivity contribution in [3.63, 3.8) is 0 Å². The van der Waals surface area contributed by atoms with E-state index >= 15 is 0 Å². The number of rotatable bonds is 0. The highest BCUT2D eigenvalue weighted by atomic mass is 35.5. The third kappa shape index (κ3) is 1.30. The summed E-state index contributed by atoms with van der Waals surface area (Å²) >= 11 is 7.40. The summed E-state index contributed by atoms with van der Waals surface area (Å²) in [6.45, 7) is 8.15. The van der Waals surface area contributed by atoms with Crippen LogP contribution in [0.2, 0.25) is 4.47 Å². The average Bonchev–Trinajstić information content (AvgIpc) is 2.34. The number of thiazole rings is 1. The molecule has 0 aliphatic carbocycles. The Morgan fingerprint density at radius 2 is 1.85 bits per heavy atom. The van der Waals surface area contributed by atoms with Crippen LogP contribution in [0.1, 0.15) is 38.3 Å². The fraction of sp³-hybridized carbons (Fsp3) is 0.667. The van der Waals surface area contributed by atoms with Gasteiger partial charge < -0.3 is 4.74 Å². The molecule has 0 unspecified atom stereocenters. The third-order valence-corrected chi connectivity index (χ3v) is 3.69. The van der Waals surface area contributed by atoms with E-state index < -0.39 is 0 Å². The lowest BCUT2D eigenvalue weighted by atomic mass is 10.0. The molecule has 0 atom stereocenters. The standard InChI is InChI=1S/C9H12ClNOS/c1-8(2)5-6(9(3,4)12-8)13-7(10)11-5/h1-4H3. The number of aromatic nitrogens is 1. The van der Waals surface area contributed by atoms with Crippen molar-refractivity contribution in [3.05, 3.63) is 15.0 Å². The highest BCUT2D eigenvalue weighted by Gasteiger charge is 2.46. The first-order chi connectivity index (χ1) is 5.83. The van der Waals surface area contributed by atoms with E-state index in [1.54, 1.807) is 0 Å². The summed E-state index contributed by atoms with van der Waals surface area (Å²) in [7, 11) is 0. The molecule has 0 radical (unpaired) electrons. The average molecular weight is 218 g/mol. The quantitative estimate of drug-likeness (QED) is 0.665. The predicted molar refractivity (Wildman–Crippen MR) is 54.3 cm³/mol. The molecule has 0 amide bonds. The molecule has 2 nitrogen and oxygen atoms in total. The van der Waals surface area contributed by atoms with Crippen LogP contribution in [0.4, 0.5) is 0 Å². The summed E-state index contributed by atoms with van der Waals surface area (Å²) in [5, 5.41) is 0. The SMILES string of the molecule is CC1(C)OC(C)(C)c2sc(Cl)nc21. The molecule has 0 fully saturated rings. The number of fused-ring (bicyclic) bond motifs is 1. The highest BCUT2D eigenvalue weighted by molar-refractivity contribution is 7.16. The molecule has 2 heterocycles. The number of hydrogen-bond acceptors (Lipinski definition) is 3. The molecule has 0 N–H and O–H groups in total. The summed E-state index contributed by atoms with van der Waals surface area (Å²) in [6, 6.07) is 0. The van der Waals surface area contributed by atoms with Crippen molar-refractivity contribution in [2.45, 2.75) is 38.9 Å². The number of ether oxygens (including phenoxy) is 1. The van der Waals surface area contributed by atoms with Gasteiger partial charge in [-0.3, -0.25) is 0 Å². The minimum Gasteiger partial charge on any atom is -0.358 e. The van der Waals surface area contributed by atoms with Crippen LogP contribution in [0.25, 0.3) is 0 Å². The molecular formula is C9H12ClNOS. The van der Waals surface area contributed by atoms with E-state index in [0.29, 0.717) is 4.47 Å². The predicted octanol–water partition coefficient (Wildman–Crippen LogP) is 3.30. The van der Waals surface area contributed by atoms with Crippen molar-refractivity contribution < 1.29 is 4.74 Å². The topological polar surface area (TPSA) is 22.1 Å². The Balaban J connectivity index is 2.63. The van der Waals surface area contributed by atoms with E-state index in [1.807, 2.05) is 13.8 Å². The molecule has 0 aromatic carbocycles. The van der Waals surface area contributed by atoms with Crippen molar-refractivity contribution >= 4 is 22.9 Å². The molecule has 2 rings (SSSR count). The zero-order chi connectivity index (χ0) is 9.85. The molecule has 72 valence electrons. The molecule has 0 saturated carbocycles. The Hall–Kier alpha value is -0.120. The molecule has 4 heteroatoms. The summed E-state index contributed by atoms with van der Waals surface area (Å²) in [5.74, 6) is 0. The molecule has 1 aromatic rings. The van der Waals surface area contributed by atoms with Crippen LogP contribution < -0.4 is 0 Å². The first-order valence-corrected chi connectivity index (χ1v) is 5.40. The van der Waals surface area contributed by atoms with E-state index in [9.17, 15) is 0 Å².